The Balaban J connectivity index is 1.78. The van der Waals surface area contributed by atoms with Gasteiger partial charge in [0.2, 0.25) is 0 Å². The van der Waals surface area contributed by atoms with Crippen LogP contribution in [0.1, 0.15) is 24.2 Å². The highest BCUT2D eigenvalue weighted by Crippen LogP contribution is 2.22. The van der Waals surface area contributed by atoms with Crippen molar-refractivity contribution in [2.45, 2.75) is 25.5 Å². The van der Waals surface area contributed by atoms with E-state index in [1.54, 1.807) is 48.5 Å². The molecular formula is C25H25N5O4S. The molecule has 0 atom stereocenters. The molecule has 2 aromatic carbocycles. The molecule has 0 amide bonds. The van der Waals surface area contributed by atoms with E-state index in [0.29, 0.717) is 21.7 Å². The number of thioether (sulfide) groups is 1. The van der Waals surface area contributed by atoms with Gasteiger partial charge < -0.3 is 5.73 Å². The molecule has 0 saturated carbocycles. The number of rotatable bonds is 7. The average molecular weight is 492 g/mol. The van der Waals surface area contributed by atoms with Crippen LogP contribution in [0.2, 0.25) is 0 Å². The number of nitrogens with two attached hydrogens (primary N) is 1. The molecule has 0 spiro atoms. The number of benzene rings is 2. The second-order valence-corrected chi connectivity index (χ2v) is 9.45. The first-order chi connectivity index (χ1) is 16.7. The number of hydrogen-bond donors (Lipinski definition) is 1. The first-order valence-electron chi connectivity index (χ1n) is 11.0. The summed E-state index contributed by atoms with van der Waals surface area (Å²) in [5, 5.41) is 0.755. The van der Waals surface area contributed by atoms with Crippen molar-refractivity contribution in [1.82, 2.24) is 18.7 Å². The van der Waals surface area contributed by atoms with Crippen LogP contribution in [0.5, 0.6) is 0 Å². The van der Waals surface area contributed by atoms with Crippen LogP contribution in [0.3, 0.4) is 0 Å². The maximum atomic E-state index is 13.3. The van der Waals surface area contributed by atoms with Crippen LogP contribution in [0.15, 0.2) is 74.1 Å². The zero-order valence-electron chi connectivity index (χ0n) is 19.6. The van der Waals surface area contributed by atoms with Crippen molar-refractivity contribution >= 4 is 34.3 Å². The van der Waals surface area contributed by atoms with Crippen LogP contribution in [0.4, 0.5) is 5.82 Å². The first-order valence-corrected chi connectivity index (χ1v) is 12.0. The van der Waals surface area contributed by atoms with Gasteiger partial charge in [0.25, 0.3) is 11.1 Å². The van der Waals surface area contributed by atoms with E-state index in [0.717, 1.165) is 16.3 Å². The summed E-state index contributed by atoms with van der Waals surface area (Å²) < 4.78 is 3.59. The predicted octanol–water partition coefficient (Wildman–Crippen LogP) is 2.46. The quantitative estimate of drug-likeness (QED) is 0.239. The van der Waals surface area contributed by atoms with E-state index >= 15 is 0 Å². The van der Waals surface area contributed by atoms with Crippen LogP contribution in [-0.2, 0) is 13.6 Å². The molecule has 180 valence electrons. The molecule has 2 aromatic heterocycles. The van der Waals surface area contributed by atoms with Gasteiger partial charge in [-0.05, 0) is 30.2 Å². The normalized spacial score (nSPS) is 11.3. The molecule has 4 rings (SSSR count). The van der Waals surface area contributed by atoms with Gasteiger partial charge in [-0.1, -0.05) is 55.9 Å². The molecule has 9 nitrogen and oxygen atoms in total. The summed E-state index contributed by atoms with van der Waals surface area (Å²) in [7, 11) is 1.32. The van der Waals surface area contributed by atoms with Crippen molar-refractivity contribution < 1.29 is 4.79 Å². The van der Waals surface area contributed by atoms with Gasteiger partial charge in [0.15, 0.2) is 10.9 Å². The number of hydrogen-bond acceptors (Lipinski definition) is 7. The van der Waals surface area contributed by atoms with Crippen LogP contribution >= 0.6 is 11.8 Å². The number of nitrogen functional groups attached to an aromatic ring is 1. The van der Waals surface area contributed by atoms with Crippen LogP contribution in [-0.4, -0.2) is 30.2 Å². The lowest BCUT2D eigenvalue weighted by molar-refractivity contribution is 0.102. The third kappa shape index (κ3) is 4.57. The number of nitrogens with zero attached hydrogens (tertiary/aromatic N) is 4. The van der Waals surface area contributed by atoms with Crippen molar-refractivity contribution in [2.24, 2.45) is 13.0 Å². The van der Waals surface area contributed by atoms with Crippen molar-refractivity contribution in [3.8, 4) is 5.69 Å². The second kappa shape index (κ2) is 9.75. The molecule has 0 fully saturated rings. The zero-order chi connectivity index (χ0) is 25.3. The lowest BCUT2D eigenvalue weighted by Crippen LogP contribution is -2.43. The summed E-state index contributed by atoms with van der Waals surface area (Å²) in [6, 6.07) is 16.0. The van der Waals surface area contributed by atoms with Gasteiger partial charge in [-0.3, -0.25) is 28.1 Å². The fourth-order valence-electron chi connectivity index (χ4n) is 3.80. The molecule has 35 heavy (non-hydrogen) atoms. The van der Waals surface area contributed by atoms with Crippen LogP contribution in [0.25, 0.3) is 16.6 Å². The Morgan fingerprint density at radius 2 is 1.66 bits per heavy atom. The zero-order valence-corrected chi connectivity index (χ0v) is 20.4. The third-order valence-electron chi connectivity index (χ3n) is 5.50. The summed E-state index contributed by atoms with van der Waals surface area (Å²) in [5.74, 6) is -0.819. The van der Waals surface area contributed by atoms with Gasteiger partial charge in [-0.25, -0.2) is 9.78 Å². The summed E-state index contributed by atoms with van der Waals surface area (Å²) in [5.41, 5.74) is 5.42. The topological polar surface area (TPSA) is 122 Å². The number of ketones is 1. The monoisotopic (exact) mass is 491 g/mol. The van der Waals surface area contributed by atoms with Crippen LogP contribution < -0.4 is 22.5 Å². The number of para-hydroxylation sites is 2. The molecule has 0 unspecified atom stereocenters. The number of fused-ring (bicyclic) bond motifs is 1. The summed E-state index contributed by atoms with van der Waals surface area (Å²) in [4.78, 5) is 56.5. The largest absolute Gasteiger partial charge is 0.384 e. The molecular weight excluding hydrogens is 466 g/mol. The number of carbonyl (C=O) groups excluding carboxylic acids is 1. The Morgan fingerprint density at radius 1 is 1.00 bits per heavy atom. The Kier molecular flexibility index (Phi) is 6.74. The van der Waals surface area contributed by atoms with E-state index in [1.165, 1.54) is 16.2 Å². The SMILES string of the molecule is CC(C)Cn1c(N)c(C(=O)CSc2nc3ccccc3c(=O)n2-c2ccccc2)c(=O)n(C)c1=O. The van der Waals surface area contributed by atoms with Gasteiger partial charge in [0.05, 0.1) is 22.3 Å². The van der Waals surface area contributed by atoms with E-state index in [2.05, 4.69) is 4.98 Å². The summed E-state index contributed by atoms with van der Waals surface area (Å²) in [6.45, 7) is 4.08. The van der Waals surface area contributed by atoms with Crippen molar-refractivity contribution in [3.05, 3.63) is 91.4 Å². The number of anilines is 1. The van der Waals surface area contributed by atoms with Gasteiger partial charge in [0.1, 0.15) is 11.4 Å². The minimum Gasteiger partial charge on any atom is -0.384 e. The second-order valence-electron chi connectivity index (χ2n) is 8.51. The van der Waals surface area contributed by atoms with Crippen molar-refractivity contribution in [2.75, 3.05) is 11.5 Å². The van der Waals surface area contributed by atoms with Crippen molar-refractivity contribution in [1.29, 1.82) is 0 Å². The molecule has 4 aromatic rings. The van der Waals surface area contributed by atoms with E-state index in [9.17, 15) is 19.2 Å². The number of carbonyl (C=O) groups is 1. The van der Waals surface area contributed by atoms with Gasteiger partial charge >= 0.3 is 5.69 Å². The van der Waals surface area contributed by atoms with Gasteiger partial charge in [-0.2, -0.15) is 0 Å². The Morgan fingerprint density at radius 3 is 2.34 bits per heavy atom. The standard InChI is InChI=1S/C25H25N5O4S/c1-15(2)13-29-21(26)20(23(33)28(3)25(29)34)19(31)14-35-24-27-18-12-8-7-11-17(18)22(32)30(24)16-9-5-4-6-10-16/h4-12,15H,13-14,26H2,1-3H3. The Hall–Kier alpha value is -3.92. The fraction of sp³-hybridized carbons (Fsp3) is 0.240. The van der Waals surface area contributed by atoms with E-state index in [4.69, 9.17) is 5.73 Å². The number of aromatic nitrogens is 4. The van der Waals surface area contributed by atoms with Gasteiger partial charge in [-0.15, -0.1) is 0 Å². The lowest BCUT2D eigenvalue weighted by Gasteiger charge is -2.16. The summed E-state index contributed by atoms with van der Waals surface area (Å²) >= 11 is 1.03. The van der Waals surface area contributed by atoms with Gasteiger partial charge in [0, 0.05) is 13.6 Å². The molecule has 0 radical (unpaired) electrons. The maximum absolute atomic E-state index is 13.3. The van der Waals surface area contributed by atoms with Crippen LogP contribution in [0, 0.1) is 5.92 Å². The molecule has 0 saturated heterocycles. The summed E-state index contributed by atoms with van der Waals surface area (Å²) in [6.07, 6.45) is 0. The minimum atomic E-state index is -0.745. The highest BCUT2D eigenvalue weighted by atomic mass is 32.2. The molecule has 0 aliphatic carbocycles. The predicted molar refractivity (Wildman–Crippen MR) is 138 cm³/mol. The molecule has 2 N–H and O–H groups in total. The Labute approximate surface area is 204 Å². The van der Waals surface area contributed by atoms with E-state index in [-0.39, 0.29) is 35.2 Å². The fourth-order valence-corrected chi connectivity index (χ4v) is 4.69. The molecule has 10 heteroatoms. The van der Waals surface area contributed by atoms with E-state index < -0.39 is 17.0 Å². The average Bonchev–Trinajstić information content (AvgIpc) is 2.84. The minimum absolute atomic E-state index is 0.0759. The van der Waals surface area contributed by atoms with E-state index in [1.807, 2.05) is 19.9 Å². The Bertz CT molecular complexity index is 1600. The molecule has 0 aliphatic rings. The number of Topliss-reactive ketones (excluding diaryl/α,β-unsaturated/α-hetero) is 1. The highest BCUT2D eigenvalue weighted by Gasteiger charge is 2.23. The molecule has 0 aliphatic heterocycles. The molecule has 2 heterocycles. The van der Waals surface area contributed by atoms with Crippen molar-refractivity contribution in [3.63, 3.8) is 0 Å². The lowest BCUT2D eigenvalue weighted by atomic mass is 10.2. The highest BCUT2D eigenvalue weighted by molar-refractivity contribution is 7.99. The first kappa shape index (κ1) is 24.2. The maximum Gasteiger partial charge on any atom is 0.332 e. The third-order valence-corrected chi connectivity index (χ3v) is 6.44. The molecule has 0 bridgehead atoms. The smallest absolute Gasteiger partial charge is 0.332 e.